The van der Waals surface area contributed by atoms with Crippen molar-refractivity contribution in [3.63, 3.8) is 0 Å². The summed E-state index contributed by atoms with van der Waals surface area (Å²) in [5, 5.41) is 8.35. The Hall–Kier alpha value is -0.590. The minimum atomic E-state index is 0.441. The molecule has 0 amide bonds. The van der Waals surface area contributed by atoms with Gasteiger partial charge in [0, 0.05) is 26.6 Å². The van der Waals surface area contributed by atoms with Crippen LogP contribution in [-0.4, -0.2) is 37.7 Å². The van der Waals surface area contributed by atoms with Crippen LogP contribution in [0.2, 0.25) is 0 Å². The van der Waals surface area contributed by atoms with Gasteiger partial charge in [-0.25, -0.2) is 0 Å². The van der Waals surface area contributed by atoms with Crippen molar-refractivity contribution in [2.24, 2.45) is 0 Å². The van der Waals surface area contributed by atoms with Crippen LogP contribution in [0.25, 0.3) is 0 Å². The van der Waals surface area contributed by atoms with E-state index in [1.165, 1.54) is 0 Å². The molecule has 1 unspecified atom stereocenters. The Balaban J connectivity index is 2.01. The minimum absolute atomic E-state index is 0.441. The number of nitrogens with zero attached hydrogens (tertiary/aromatic N) is 2. The summed E-state index contributed by atoms with van der Waals surface area (Å²) in [7, 11) is 1.78. The fraction of sp³-hybridized carbons (Fsp3) is 0.900. The van der Waals surface area contributed by atoms with Crippen LogP contribution < -0.4 is 0 Å². The Kier molecular flexibility index (Phi) is 4.81. The molecule has 1 saturated heterocycles. The molecule has 0 spiro atoms. The van der Waals surface area contributed by atoms with Gasteiger partial charge in [0.1, 0.15) is 0 Å². The Bertz CT molecular complexity index is 176. The highest BCUT2D eigenvalue weighted by molar-refractivity contribution is 4.76. The van der Waals surface area contributed by atoms with E-state index >= 15 is 0 Å². The molecule has 0 aromatic rings. The molecule has 0 saturated carbocycles. The van der Waals surface area contributed by atoms with Gasteiger partial charge >= 0.3 is 0 Å². The molecule has 0 N–H and O–H groups in total. The van der Waals surface area contributed by atoms with Gasteiger partial charge < -0.3 is 9.64 Å². The fourth-order valence-corrected chi connectivity index (χ4v) is 1.73. The standard InChI is InChI=1S/C10H18N2O/c1-13-10-5-8-12(9-10)7-4-2-3-6-11/h10H,2-5,7-9H2,1H3. The quantitative estimate of drug-likeness (QED) is 0.603. The molecular weight excluding hydrogens is 164 g/mol. The molecular formula is C10H18N2O. The molecule has 1 atom stereocenters. The SMILES string of the molecule is COC1CCN(CCCCC#N)C1. The van der Waals surface area contributed by atoms with E-state index in [4.69, 9.17) is 10.00 Å². The molecule has 1 heterocycles. The summed E-state index contributed by atoms with van der Waals surface area (Å²) in [6.07, 6.45) is 4.47. The third-order valence-electron chi connectivity index (χ3n) is 2.58. The third kappa shape index (κ3) is 3.75. The summed E-state index contributed by atoms with van der Waals surface area (Å²) in [6.45, 7) is 3.36. The molecule has 0 aliphatic carbocycles. The Morgan fingerprint density at radius 3 is 3.00 bits per heavy atom. The third-order valence-corrected chi connectivity index (χ3v) is 2.58. The molecule has 1 aliphatic heterocycles. The lowest BCUT2D eigenvalue weighted by atomic mass is 10.2. The van der Waals surface area contributed by atoms with Gasteiger partial charge in [0.25, 0.3) is 0 Å². The number of unbranched alkanes of at least 4 members (excludes halogenated alkanes) is 2. The summed E-state index contributed by atoms with van der Waals surface area (Å²) < 4.78 is 5.27. The van der Waals surface area contributed by atoms with Gasteiger partial charge in [-0.3, -0.25) is 0 Å². The Labute approximate surface area is 80.3 Å². The predicted molar refractivity (Wildman–Crippen MR) is 51.3 cm³/mol. The van der Waals surface area contributed by atoms with Crippen molar-refractivity contribution in [3.05, 3.63) is 0 Å². The maximum atomic E-state index is 8.35. The average molecular weight is 182 g/mol. The molecule has 0 aromatic carbocycles. The topological polar surface area (TPSA) is 36.3 Å². The Morgan fingerprint density at radius 2 is 2.38 bits per heavy atom. The van der Waals surface area contributed by atoms with Gasteiger partial charge in [-0.15, -0.1) is 0 Å². The van der Waals surface area contributed by atoms with Gasteiger partial charge in [0.15, 0.2) is 0 Å². The largest absolute Gasteiger partial charge is 0.380 e. The van der Waals surface area contributed by atoms with Crippen LogP contribution in [0.3, 0.4) is 0 Å². The first kappa shape index (κ1) is 10.5. The van der Waals surface area contributed by atoms with E-state index in [-0.39, 0.29) is 0 Å². The van der Waals surface area contributed by atoms with Crippen LogP contribution in [0.4, 0.5) is 0 Å². The second kappa shape index (κ2) is 5.95. The lowest BCUT2D eigenvalue weighted by Gasteiger charge is -2.14. The van der Waals surface area contributed by atoms with E-state index in [2.05, 4.69) is 11.0 Å². The van der Waals surface area contributed by atoms with Crippen LogP contribution in [-0.2, 0) is 4.74 Å². The van der Waals surface area contributed by atoms with E-state index in [9.17, 15) is 0 Å². The molecule has 3 heteroatoms. The summed E-state index contributed by atoms with van der Waals surface area (Å²) in [4.78, 5) is 2.42. The first-order chi connectivity index (χ1) is 6.36. The number of nitriles is 1. The second-order valence-corrected chi connectivity index (χ2v) is 3.56. The highest BCUT2D eigenvalue weighted by Crippen LogP contribution is 2.12. The normalized spacial score (nSPS) is 23.2. The van der Waals surface area contributed by atoms with Gasteiger partial charge in [0.05, 0.1) is 12.2 Å². The summed E-state index contributed by atoms with van der Waals surface area (Å²) in [6, 6.07) is 2.17. The molecule has 3 nitrogen and oxygen atoms in total. The number of hydrogen-bond donors (Lipinski definition) is 0. The molecule has 0 radical (unpaired) electrons. The monoisotopic (exact) mass is 182 g/mol. The lowest BCUT2D eigenvalue weighted by Crippen LogP contribution is -2.23. The Morgan fingerprint density at radius 1 is 1.54 bits per heavy atom. The number of methoxy groups -OCH3 is 1. The van der Waals surface area contributed by atoms with Crippen molar-refractivity contribution in [2.45, 2.75) is 31.8 Å². The minimum Gasteiger partial charge on any atom is -0.380 e. The zero-order valence-corrected chi connectivity index (χ0v) is 8.33. The van der Waals surface area contributed by atoms with Gasteiger partial charge in [-0.2, -0.15) is 5.26 Å². The molecule has 0 bridgehead atoms. The second-order valence-electron chi connectivity index (χ2n) is 3.56. The molecule has 13 heavy (non-hydrogen) atoms. The first-order valence-corrected chi connectivity index (χ1v) is 4.99. The number of hydrogen-bond acceptors (Lipinski definition) is 3. The van der Waals surface area contributed by atoms with E-state index in [1.807, 2.05) is 0 Å². The highest BCUT2D eigenvalue weighted by atomic mass is 16.5. The smallest absolute Gasteiger partial charge is 0.0710 e. The van der Waals surface area contributed by atoms with Gasteiger partial charge in [0.2, 0.25) is 0 Å². The average Bonchev–Trinajstić information content (AvgIpc) is 2.60. The van der Waals surface area contributed by atoms with Gasteiger partial charge in [-0.1, -0.05) is 0 Å². The molecule has 1 aliphatic rings. The molecule has 1 fully saturated rings. The van der Waals surface area contributed by atoms with E-state index < -0.39 is 0 Å². The van der Waals surface area contributed by atoms with Crippen LogP contribution in [0.5, 0.6) is 0 Å². The van der Waals surface area contributed by atoms with Crippen molar-refractivity contribution < 1.29 is 4.74 Å². The van der Waals surface area contributed by atoms with E-state index in [1.54, 1.807) is 7.11 Å². The molecule has 74 valence electrons. The van der Waals surface area contributed by atoms with Crippen LogP contribution >= 0.6 is 0 Å². The van der Waals surface area contributed by atoms with E-state index in [0.717, 1.165) is 38.9 Å². The molecule has 1 rings (SSSR count). The number of ether oxygens (including phenoxy) is 1. The van der Waals surface area contributed by atoms with Crippen LogP contribution in [0.1, 0.15) is 25.7 Å². The predicted octanol–water partition coefficient (Wildman–Crippen LogP) is 1.40. The van der Waals surface area contributed by atoms with Crippen molar-refractivity contribution in [3.8, 4) is 6.07 Å². The van der Waals surface area contributed by atoms with Crippen LogP contribution in [0.15, 0.2) is 0 Å². The summed E-state index contributed by atoms with van der Waals surface area (Å²) >= 11 is 0. The first-order valence-electron chi connectivity index (χ1n) is 4.99. The summed E-state index contributed by atoms with van der Waals surface area (Å²) in [5.41, 5.74) is 0. The maximum absolute atomic E-state index is 8.35. The fourth-order valence-electron chi connectivity index (χ4n) is 1.73. The molecule has 0 aromatic heterocycles. The lowest BCUT2D eigenvalue weighted by molar-refractivity contribution is 0.108. The maximum Gasteiger partial charge on any atom is 0.0710 e. The number of likely N-dealkylation sites (tertiary alicyclic amines) is 1. The van der Waals surface area contributed by atoms with Crippen molar-refractivity contribution in [1.29, 1.82) is 5.26 Å². The number of rotatable bonds is 5. The zero-order valence-electron chi connectivity index (χ0n) is 8.33. The van der Waals surface area contributed by atoms with Gasteiger partial charge in [-0.05, 0) is 25.8 Å². The zero-order chi connectivity index (χ0) is 9.52. The highest BCUT2D eigenvalue weighted by Gasteiger charge is 2.20. The van der Waals surface area contributed by atoms with Crippen molar-refractivity contribution >= 4 is 0 Å². The van der Waals surface area contributed by atoms with E-state index in [0.29, 0.717) is 12.5 Å². The van der Waals surface area contributed by atoms with Crippen molar-refractivity contribution in [1.82, 2.24) is 4.90 Å². The van der Waals surface area contributed by atoms with Crippen LogP contribution in [0, 0.1) is 11.3 Å². The summed E-state index contributed by atoms with van der Waals surface area (Å²) in [5.74, 6) is 0. The van der Waals surface area contributed by atoms with Crippen molar-refractivity contribution in [2.75, 3.05) is 26.7 Å².